The summed E-state index contributed by atoms with van der Waals surface area (Å²) in [4.78, 5) is 9.60. The van der Waals surface area contributed by atoms with Gasteiger partial charge < -0.3 is 20.2 Å². The van der Waals surface area contributed by atoms with Crippen molar-refractivity contribution in [2.75, 3.05) is 13.6 Å². The minimum Gasteiger partial charge on any atom is -0.464 e. The van der Waals surface area contributed by atoms with E-state index in [2.05, 4.69) is 20.6 Å². The van der Waals surface area contributed by atoms with E-state index in [1.807, 2.05) is 35.2 Å². The summed E-state index contributed by atoms with van der Waals surface area (Å²) < 4.78 is 7.39. The van der Waals surface area contributed by atoms with Crippen LogP contribution in [-0.4, -0.2) is 34.0 Å². The first-order chi connectivity index (χ1) is 11.2. The van der Waals surface area contributed by atoms with Gasteiger partial charge in [0.2, 0.25) is 0 Å². The number of thiazole rings is 1. The highest BCUT2D eigenvalue weighted by atomic mass is 127. The Bertz CT molecular complexity index is 781. The van der Waals surface area contributed by atoms with Gasteiger partial charge >= 0.3 is 0 Å². The van der Waals surface area contributed by atoms with Gasteiger partial charge in [0.25, 0.3) is 0 Å². The molecule has 0 radical (unpaired) electrons. The van der Waals surface area contributed by atoms with E-state index in [4.69, 9.17) is 4.42 Å². The Morgan fingerprint density at radius 3 is 2.96 bits per heavy atom. The molecule has 0 aliphatic heterocycles. The van der Waals surface area contributed by atoms with Gasteiger partial charge in [-0.15, -0.1) is 35.3 Å². The van der Waals surface area contributed by atoms with Gasteiger partial charge in [-0.05, 0) is 19.1 Å². The maximum Gasteiger partial charge on any atom is 0.193 e. The molecule has 3 aromatic heterocycles. The highest BCUT2D eigenvalue weighted by Gasteiger charge is 2.12. The molecule has 3 N–H and O–H groups in total. The Kier molecular flexibility index (Phi) is 6.63. The molecule has 0 saturated heterocycles. The van der Waals surface area contributed by atoms with E-state index < -0.39 is 6.10 Å². The van der Waals surface area contributed by atoms with E-state index in [-0.39, 0.29) is 24.0 Å². The lowest BCUT2D eigenvalue weighted by Crippen LogP contribution is -2.39. The van der Waals surface area contributed by atoms with Crippen LogP contribution in [0.15, 0.2) is 39.3 Å². The Morgan fingerprint density at radius 2 is 2.29 bits per heavy atom. The van der Waals surface area contributed by atoms with Crippen LogP contribution in [0.25, 0.3) is 4.96 Å². The fourth-order valence-corrected chi connectivity index (χ4v) is 2.90. The minimum atomic E-state index is -0.722. The second kappa shape index (κ2) is 8.49. The summed E-state index contributed by atoms with van der Waals surface area (Å²) in [5, 5.41) is 18.3. The van der Waals surface area contributed by atoms with Gasteiger partial charge in [0.1, 0.15) is 17.6 Å². The highest BCUT2D eigenvalue weighted by Crippen LogP contribution is 2.15. The van der Waals surface area contributed by atoms with E-state index in [0.29, 0.717) is 24.8 Å². The number of hydrogen-bond acceptors (Lipinski definition) is 5. The van der Waals surface area contributed by atoms with Gasteiger partial charge in [0.05, 0.1) is 18.8 Å². The van der Waals surface area contributed by atoms with Crippen LogP contribution in [0.4, 0.5) is 0 Å². The lowest BCUT2D eigenvalue weighted by atomic mass is 10.3. The van der Waals surface area contributed by atoms with Gasteiger partial charge in [0, 0.05) is 24.8 Å². The van der Waals surface area contributed by atoms with Crippen LogP contribution in [0.3, 0.4) is 0 Å². The number of rotatable bonds is 5. The molecular weight excluding hydrogens is 441 g/mol. The number of aromatic nitrogens is 2. The first kappa shape index (κ1) is 18.7. The molecule has 1 atom stereocenters. The zero-order valence-corrected chi connectivity index (χ0v) is 16.5. The number of furan rings is 1. The predicted octanol–water partition coefficient (Wildman–Crippen LogP) is 2.31. The third-order valence-electron chi connectivity index (χ3n) is 3.36. The maximum atomic E-state index is 10.1. The Morgan fingerprint density at radius 1 is 1.46 bits per heavy atom. The zero-order chi connectivity index (χ0) is 16.2. The quantitative estimate of drug-likeness (QED) is 0.309. The SMILES string of the molecule is CN=C(NCc1cn2ccsc2n1)NCC(O)c1ccc(C)o1.I. The third-order valence-corrected chi connectivity index (χ3v) is 4.13. The largest absolute Gasteiger partial charge is 0.464 e. The van der Waals surface area contributed by atoms with Gasteiger partial charge in [-0.2, -0.15) is 0 Å². The molecule has 7 nitrogen and oxygen atoms in total. The van der Waals surface area contributed by atoms with Crippen LogP contribution >= 0.6 is 35.3 Å². The number of aliphatic hydroxyl groups excluding tert-OH is 1. The molecule has 0 bridgehead atoms. The number of hydrogen-bond donors (Lipinski definition) is 3. The molecule has 0 spiro atoms. The van der Waals surface area contributed by atoms with E-state index in [1.165, 1.54) is 0 Å². The number of nitrogens with one attached hydrogen (secondary N) is 2. The molecule has 3 aromatic rings. The van der Waals surface area contributed by atoms with Gasteiger partial charge in [-0.1, -0.05) is 0 Å². The second-order valence-corrected chi connectivity index (χ2v) is 5.97. The molecule has 0 aliphatic rings. The number of nitrogens with zero attached hydrogens (tertiary/aromatic N) is 3. The van der Waals surface area contributed by atoms with E-state index >= 15 is 0 Å². The molecule has 1 unspecified atom stereocenters. The zero-order valence-electron chi connectivity index (χ0n) is 13.4. The molecular formula is C15H20IN5O2S. The Balaban J connectivity index is 0.00000208. The van der Waals surface area contributed by atoms with Crippen molar-refractivity contribution in [1.29, 1.82) is 0 Å². The smallest absolute Gasteiger partial charge is 0.193 e. The van der Waals surface area contributed by atoms with Crippen molar-refractivity contribution in [3.8, 4) is 0 Å². The summed E-state index contributed by atoms with van der Waals surface area (Å²) in [5.41, 5.74) is 0.932. The molecule has 0 amide bonds. The number of guanidine groups is 1. The Labute approximate surface area is 160 Å². The molecule has 3 rings (SSSR count). The molecule has 0 aliphatic carbocycles. The molecule has 0 fully saturated rings. The van der Waals surface area contributed by atoms with Crippen molar-refractivity contribution in [2.45, 2.75) is 19.6 Å². The number of aryl methyl sites for hydroxylation is 1. The summed E-state index contributed by atoms with van der Waals surface area (Å²) in [6.07, 6.45) is 3.23. The van der Waals surface area contributed by atoms with Crippen molar-refractivity contribution >= 4 is 46.2 Å². The molecule has 24 heavy (non-hydrogen) atoms. The summed E-state index contributed by atoms with van der Waals surface area (Å²) in [7, 11) is 1.69. The van der Waals surface area contributed by atoms with Crippen LogP contribution in [0, 0.1) is 6.92 Å². The molecule has 0 saturated carbocycles. The first-order valence-electron chi connectivity index (χ1n) is 7.25. The van der Waals surface area contributed by atoms with E-state index in [0.717, 1.165) is 16.4 Å². The summed E-state index contributed by atoms with van der Waals surface area (Å²) in [6, 6.07) is 3.60. The molecule has 3 heterocycles. The fraction of sp³-hybridized carbons (Fsp3) is 0.333. The average Bonchev–Trinajstić information content (AvgIpc) is 3.22. The maximum absolute atomic E-state index is 10.1. The fourth-order valence-electron chi connectivity index (χ4n) is 2.18. The minimum absolute atomic E-state index is 0. The van der Waals surface area contributed by atoms with Crippen LogP contribution in [0.1, 0.15) is 23.3 Å². The van der Waals surface area contributed by atoms with Crippen molar-refractivity contribution in [2.24, 2.45) is 4.99 Å². The van der Waals surface area contributed by atoms with Crippen LogP contribution < -0.4 is 10.6 Å². The normalized spacial score (nSPS) is 12.9. The Hall–Kier alpha value is -1.59. The summed E-state index contributed by atoms with van der Waals surface area (Å²) >= 11 is 1.60. The predicted molar refractivity (Wildman–Crippen MR) is 105 cm³/mol. The highest BCUT2D eigenvalue weighted by molar-refractivity contribution is 14.0. The monoisotopic (exact) mass is 461 g/mol. The van der Waals surface area contributed by atoms with E-state index in [1.54, 1.807) is 24.5 Å². The summed E-state index contributed by atoms with van der Waals surface area (Å²) in [6.45, 7) is 2.72. The van der Waals surface area contributed by atoms with Crippen LogP contribution in [-0.2, 0) is 6.54 Å². The number of aliphatic hydroxyl groups is 1. The molecule has 130 valence electrons. The molecule has 0 aromatic carbocycles. The van der Waals surface area contributed by atoms with Crippen molar-refractivity contribution in [3.05, 3.63) is 47.1 Å². The summed E-state index contributed by atoms with van der Waals surface area (Å²) in [5.74, 6) is 1.92. The standard InChI is InChI=1S/C15H19N5O2S.HI/c1-10-3-4-13(22-10)12(21)8-18-14(16-2)17-7-11-9-20-5-6-23-15(20)19-11;/h3-6,9,12,21H,7-8H2,1-2H3,(H2,16,17,18);1H. The lowest BCUT2D eigenvalue weighted by molar-refractivity contribution is 0.151. The third kappa shape index (κ3) is 4.48. The average molecular weight is 461 g/mol. The second-order valence-electron chi connectivity index (χ2n) is 5.10. The van der Waals surface area contributed by atoms with Crippen LogP contribution in [0.2, 0.25) is 0 Å². The van der Waals surface area contributed by atoms with E-state index in [9.17, 15) is 5.11 Å². The van der Waals surface area contributed by atoms with Crippen molar-refractivity contribution in [1.82, 2.24) is 20.0 Å². The van der Waals surface area contributed by atoms with Crippen molar-refractivity contribution < 1.29 is 9.52 Å². The van der Waals surface area contributed by atoms with Gasteiger partial charge in [0.15, 0.2) is 10.9 Å². The van der Waals surface area contributed by atoms with Crippen molar-refractivity contribution in [3.63, 3.8) is 0 Å². The number of aliphatic imine (C=N–C) groups is 1. The number of halogens is 1. The van der Waals surface area contributed by atoms with Gasteiger partial charge in [-0.3, -0.25) is 9.39 Å². The number of fused-ring (bicyclic) bond motifs is 1. The first-order valence-corrected chi connectivity index (χ1v) is 8.13. The lowest BCUT2D eigenvalue weighted by Gasteiger charge is -2.13. The number of imidazole rings is 1. The topological polar surface area (TPSA) is 87.1 Å². The van der Waals surface area contributed by atoms with Gasteiger partial charge in [-0.25, -0.2) is 4.98 Å². The van der Waals surface area contributed by atoms with Crippen LogP contribution in [0.5, 0.6) is 0 Å². The molecule has 9 heteroatoms.